The summed E-state index contributed by atoms with van der Waals surface area (Å²) in [6.07, 6.45) is -16.0. The van der Waals surface area contributed by atoms with E-state index in [1.54, 1.807) is 6.92 Å². The molecule has 0 radical (unpaired) electrons. The largest absolute Gasteiger partial charge is 0.449 e. The fourth-order valence-electron chi connectivity index (χ4n) is 5.55. The summed E-state index contributed by atoms with van der Waals surface area (Å²) in [7, 11) is -1.71. The van der Waals surface area contributed by atoms with E-state index in [1.807, 2.05) is 0 Å². The average Bonchev–Trinajstić information content (AvgIpc) is 3.02. The average molecular weight is 757 g/mol. The number of halogens is 9. The molecule has 2 heterocycles. The number of carbonyl (C=O) groups excluding carboxylic acids is 1. The number of amides is 1. The van der Waals surface area contributed by atoms with Gasteiger partial charge in [0, 0.05) is 44.7 Å². The van der Waals surface area contributed by atoms with Gasteiger partial charge in [0.05, 0.1) is 34.7 Å². The summed E-state index contributed by atoms with van der Waals surface area (Å²) in [6.45, 7) is 2.47. The Kier molecular flexibility index (Phi) is 11.1. The van der Waals surface area contributed by atoms with Crippen molar-refractivity contribution < 1.29 is 57.5 Å². The van der Waals surface area contributed by atoms with Crippen LogP contribution in [0, 0.1) is 0 Å². The molecule has 4 rings (SSSR count). The van der Waals surface area contributed by atoms with Gasteiger partial charge >= 0.3 is 24.6 Å². The lowest BCUT2D eigenvalue weighted by Crippen LogP contribution is -2.61. The van der Waals surface area contributed by atoms with Gasteiger partial charge in [-0.3, -0.25) is 4.90 Å². The molecule has 1 amide bonds. The Morgan fingerprint density at radius 2 is 1.57 bits per heavy atom. The smallest absolute Gasteiger partial charge is 0.416 e. The molecule has 10 nitrogen and oxygen atoms in total. The minimum absolute atomic E-state index is 0.0461. The minimum atomic E-state index is -5.17. The van der Waals surface area contributed by atoms with Crippen LogP contribution in [0.2, 0.25) is 0 Å². The lowest BCUT2D eigenvalue weighted by atomic mass is 9.80. The van der Waals surface area contributed by atoms with Crippen molar-refractivity contribution in [2.45, 2.75) is 69.8 Å². The first kappa shape index (κ1) is 39.8. The van der Waals surface area contributed by atoms with Crippen LogP contribution in [-0.2, 0) is 46.4 Å². The number of fused-ring (bicyclic) bond motifs is 1. The molecule has 2 atom stereocenters. The summed E-state index contributed by atoms with van der Waals surface area (Å²) >= 11 is 0. The van der Waals surface area contributed by atoms with Crippen LogP contribution in [0.1, 0.15) is 77.5 Å². The maximum Gasteiger partial charge on any atom is 0.416 e. The normalized spacial score (nSPS) is 18.6. The zero-order valence-corrected chi connectivity index (χ0v) is 28.3. The van der Waals surface area contributed by atoms with Crippen LogP contribution in [0.4, 0.5) is 50.0 Å². The van der Waals surface area contributed by atoms with Crippen LogP contribution < -0.4 is 15.4 Å². The van der Waals surface area contributed by atoms with Crippen molar-refractivity contribution in [2.24, 2.45) is 5.73 Å². The summed E-state index contributed by atoms with van der Waals surface area (Å²) in [6, 6.07) is 3.45. The Morgan fingerprint density at radius 3 is 2.08 bits per heavy atom. The topological polar surface area (TPSA) is 131 Å². The Hall–Kier alpha value is -4.01. The molecule has 0 saturated carbocycles. The Bertz CT molecular complexity index is 1850. The van der Waals surface area contributed by atoms with Crippen LogP contribution in [0.5, 0.6) is 0 Å². The Balaban J connectivity index is 1.95. The van der Waals surface area contributed by atoms with E-state index >= 15 is 0 Å². The summed E-state index contributed by atoms with van der Waals surface area (Å²) in [4.78, 5) is 22.8. The summed E-state index contributed by atoms with van der Waals surface area (Å²) < 4.78 is 157. The molecular weight excluding hydrogens is 723 g/mol. The molecule has 1 aliphatic rings. The van der Waals surface area contributed by atoms with Crippen LogP contribution in [0.25, 0.3) is 0 Å². The molecule has 3 N–H and O–H groups in total. The van der Waals surface area contributed by atoms with E-state index < -0.39 is 81.6 Å². The monoisotopic (exact) mass is 756 g/mol. The van der Waals surface area contributed by atoms with Gasteiger partial charge in [-0.05, 0) is 67.3 Å². The maximum absolute atomic E-state index is 13.9. The molecule has 0 unspecified atom stereocenters. The van der Waals surface area contributed by atoms with Crippen LogP contribution in [-0.4, -0.2) is 55.1 Å². The van der Waals surface area contributed by atoms with Gasteiger partial charge in [-0.15, -0.1) is 0 Å². The van der Waals surface area contributed by atoms with Gasteiger partial charge in [0.2, 0.25) is 0 Å². The summed E-state index contributed by atoms with van der Waals surface area (Å²) in [5, 5.41) is 0. The number of aromatic nitrogens is 2. The number of nitrogens with one attached hydrogen (secondary N) is 1. The number of benzene rings is 2. The third kappa shape index (κ3) is 8.73. The quantitative estimate of drug-likeness (QED) is 0.236. The molecule has 3 aromatic rings. The van der Waals surface area contributed by atoms with Gasteiger partial charge in [0.1, 0.15) is 11.5 Å². The first-order chi connectivity index (χ1) is 23.4. The molecule has 1 aliphatic heterocycles. The van der Waals surface area contributed by atoms with Gasteiger partial charge in [-0.1, -0.05) is 6.92 Å². The third-order valence-electron chi connectivity index (χ3n) is 8.27. The van der Waals surface area contributed by atoms with Crippen molar-refractivity contribution in [3.05, 3.63) is 87.5 Å². The molecule has 1 aromatic heterocycles. The number of hydrogen-bond donors (Lipinski definition) is 2. The van der Waals surface area contributed by atoms with Crippen molar-refractivity contribution in [3.63, 3.8) is 0 Å². The van der Waals surface area contributed by atoms with Gasteiger partial charge in [-0.25, -0.2) is 14.8 Å². The molecule has 20 heteroatoms. The second kappa shape index (κ2) is 14.2. The standard InChI is InChI=1S/C31H33F9N6O4S/c1-5-28(41)14-23(22-13-19(29(32,33)34)7-8-25(22)46(28)27(47)50-6-2)26-42-15-18(16-43-51(48,49)45(3)4)24(44-26)11-17-9-20(30(35,36)37)12-21(10-17)31(38,39)40/h7-10,12-13,15,23,43H,5-6,11,14,16,41H2,1-4H3/t23-,28+/m0/s1. The first-order valence-electron chi connectivity index (χ1n) is 15.2. The fourth-order valence-corrected chi connectivity index (χ4v) is 6.14. The van der Waals surface area contributed by atoms with Gasteiger partial charge in [-0.2, -0.15) is 57.0 Å². The second-order valence-corrected chi connectivity index (χ2v) is 13.9. The predicted molar refractivity (Wildman–Crippen MR) is 165 cm³/mol. The molecule has 0 saturated heterocycles. The van der Waals surface area contributed by atoms with Crippen LogP contribution >= 0.6 is 0 Å². The summed E-state index contributed by atoms with van der Waals surface area (Å²) in [5.74, 6) is -1.43. The number of nitrogens with zero attached hydrogens (tertiary/aromatic N) is 4. The van der Waals surface area contributed by atoms with E-state index in [0.29, 0.717) is 12.1 Å². The van der Waals surface area contributed by atoms with Crippen molar-refractivity contribution in [1.82, 2.24) is 19.0 Å². The zero-order valence-electron chi connectivity index (χ0n) is 27.5. The SMILES string of the molecule is CCOC(=O)N1c2ccc(C(F)(F)F)cc2[C@@H](c2ncc(CNS(=O)(=O)N(C)C)c(Cc3cc(C(F)(F)F)cc(C(F)(F)F)c3)n2)C[C@@]1(N)CC. The predicted octanol–water partition coefficient (Wildman–Crippen LogP) is 6.58. The first-order valence-corrected chi connectivity index (χ1v) is 16.6. The van der Waals surface area contributed by atoms with Crippen molar-refractivity contribution in [2.75, 3.05) is 25.6 Å². The maximum atomic E-state index is 13.9. The highest BCUT2D eigenvalue weighted by molar-refractivity contribution is 7.87. The molecule has 2 aromatic carbocycles. The number of ether oxygens (including phenoxy) is 1. The van der Waals surface area contributed by atoms with Gasteiger partial charge in [0.25, 0.3) is 10.2 Å². The number of anilines is 1. The molecule has 280 valence electrons. The van der Waals surface area contributed by atoms with Crippen molar-refractivity contribution in [1.29, 1.82) is 0 Å². The highest BCUT2D eigenvalue weighted by Crippen LogP contribution is 2.47. The number of alkyl halides is 9. The lowest BCUT2D eigenvalue weighted by Gasteiger charge is -2.46. The van der Waals surface area contributed by atoms with E-state index in [-0.39, 0.29) is 53.8 Å². The van der Waals surface area contributed by atoms with E-state index in [0.717, 1.165) is 33.6 Å². The van der Waals surface area contributed by atoms with E-state index in [9.17, 15) is 52.7 Å². The molecule has 0 spiro atoms. The number of rotatable bonds is 9. The molecule has 51 heavy (non-hydrogen) atoms. The Labute approximate surface area is 287 Å². The van der Waals surface area contributed by atoms with Crippen LogP contribution in [0.15, 0.2) is 42.6 Å². The summed E-state index contributed by atoms with van der Waals surface area (Å²) in [5.41, 5.74) is -0.183. The fraction of sp³-hybridized carbons (Fsp3) is 0.452. The van der Waals surface area contributed by atoms with Crippen LogP contribution in [0.3, 0.4) is 0 Å². The molecule has 0 bridgehead atoms. The lowest BCUT2D eigenvalue weighted by molar-refractivity contribution is -0.143. The number of nitrogens with two attached hydrogens (primary N) is 1. The Morgan fingerprint density at radius 1 is 0.980 bits per heavy atom. The van der Waals surface area contributed by atoms with E-state index in [2.05, 4.69) is 14.7 Å². The van der Waals surface area contributed by atoms with Gasteiger partial charge < -0.3 is 10.5 Å². The number of hydrogen-bond acceptors (Lipinski definition) is 7. The second-order valence-electron chi connectivity index (χ2n) is 11.9. The minimum Gasteiger partial charge on any atom is -0.449 e. The third-order valence-corrected chi connectivity index (χ3v) is 9.74. The molecule has 0 aliphatic carbocycles. The van der Waals surface area contributed by atoms with Crippen molar-refractivity contribution in [3.8, 4) is 0 Å². The zero-order chi connectivity index (χ0) is 38.3. The van der Waals surface area contributed by atoms with Gasteiger partial charge in [0.15, 0.2) is 0 Å². The van der Waals surface area contributed by atoms with Crippen molar-refractivity contribution >= 4 is 22.0 Å². The highest BCUT2D eigenvalue weighted by atomic mass is 32.2. The molecular formula is C31H33F9N6O4S. The molecule has 0 fully saturated rings. The number of carbonyl (C=O) groups is 1. The highest BCUT2D eigenvalue weighted by Gasteiger charge is 2.47. The van der Waals surface area contributed by atoms with E-state index in [1.165, 1.54) is 21.0 Å². The van der Waals surface area contributed by atoms with E-state index in [4.69, 9.17) is 10.5 Å².